The molecule has 0 aliphatic carbocycles. The second kappa shape index (κ2) is 7.19. The fourth-order valence-corrected chi connectivity index (χ4v) is 2.98. The predicted octanol–water partition coefficient (Wildman–Crippen LogP) is 2.58. The zero-order valence-electron chi connectivity index (χ0n) is 14.7. The van der Waals surface area contributed by atoms with Gasteiger partial charge >= 0.3 is 5.97 Å². The van der Waals surface area contributed by atoms with Crippen LogP contribution in [0, 0.1) is 5.41 Å². The number of hydrogen-bond acceptors (Lipinski definition) is 4. The topological polar surface area (TPSA) is 92.7 Å². The van der Waals surface area contributed by atoms with E-state index in [1.54, 1.807) is 19.1 Å². The van der Waals surface area contributed by atoms with Gasteiger partial charge in [0.05, 0.1) is 12.2 Å². The molecule has 2 N–H and O–H groups in total. The van der Waals surface area contributed by atoms with Crippen molar-refractivity contribution >= 4 is 23.3 Å². The van der Waals surface area contributed by atoms with Crippen LogP contribution in [0.4, 0.5) is 5.69 Å². The van der Waals surface area contributed by atoms with Crippen LogP contribution in [-0.4, -0.2) is 35.0 Å². The molecule has 134 valence electrons. The Morgan fingerprint density at radius 3 is 2.44 bits per heavy atom. The number of ketones is 1. The lowest BCUT2D eigenvalue weighted by Crippen LogP contribution is -2.54. The van der Waals surface area contributed by atoms with E-state index in [-0.39, 0.29) is 11.5 Å². The van der Waals surface area contributed by atoms with Crippen molar-refractivity contribution in [3.05, 3.63) is 42.0 Å². The van der Waals surface area contributed by atoms with Gasteiger partial charge in [-0.3, -0.25) is 14.4 Å². The molecule has 1 fully saturated rings. The van der Waals surface area contributed by atoms with Crippen molar-refractivity contribution in [3.63, 3.8) is 0 Å². The van der Waals surface area contributed by atoms with Crippen LogP contribution >= 0.6 is 0 Å². The Balaban J connectivity index is 2.12. The fraction of sp³-hybridized carbons (Fsp3) is 0.421. The van der Waals surface area contributed by atoms with Crippen LogP contribution in [-0.2, 0) is 25.5 Å². The molecule has 6 nitrogen and oxygen atoms in total. The van der Waals surface area contributed by atoms with Crippen LogP contribution in [0.1, 0.15) is 32.8 Å². The molecule has 1 heterocycles. The van der Waals surface area contributed by atoms with Gasteiger partial charge in [-0.2, -0.15) is 0 Å². The van der Waals surface area contributed by atoms with Gasteiger partial charge in [0.1, 0.15) is 0 Å². The van der Waals surface area contributed by atoms with E-state index in [4.69, 9.17) is 4.74 Å². The minimum absolute atomic E-state index is 0.145. The zero-order valence-corrected chi connectivity index (χ0v) is 14.7. The Morgan fingerprint density at radius 1 is 1.32 bits per heavy atom. The molecule has 1 amide bonds. The summed E-state index contributed by atoms with van der Waals surface area (Å²) in [7, 11) is 0. The lowest BCUT2D eigenvalue weighted by Gasteiger charge is -2.40. The van der Waals surface area contributed by atoms with Crippen molar-refractivity contribution in [2.45, 2.75) is 45.8 Å². The normalized spacial score (nSPS) is 26.4. The van der Waals surface area contributed by atoms with E-state index in [9.17, 15) is 19.5 Å². The smallest absolute Gasteiger partial charge is 0.319 e. The van der Waals surface area contributed by atoms with Crippen molar-refractivity contribution in [1.82, 2.24) is 0 Å². The number of benzene rings is 1. The van der Waals surface area contributed by atoms with Gasteiger partial charge in [0, 0.05) is 18.2 Å². The summed E-state index contributed by atoms with van der Waals surface area (Å²) in [4.78, 5) is 35.2. The number of carbonyl (C=O) groups is 3. The van der Waals surface area contributed by atoms with Gasteiger partial charge in [-0.05, 0) is 44.4 Å². The summed E-state index contributed by atoms with van der Waals surface area (Å²) in [6.45, 7) is 8.21. The molecule has 0 saturated carbocycles. The first-order valence-corrected chi connectivity index (χ1v) is 8.15. The summed E-state index contributed by atoms with van der Waals surface area (Å²) in [5.74, 6) is -1.81. The maximum atomic E-state index is 12.5. The van der Waals surface area contributed by atoms with Gasteiger partial charge in [-0.25, -0.2) is 0 Å². The molecule has 0 bridgehead atoms. The highest BCUT2D eigenvalue weighted by Crippen LogP contribution is 2.38. The molecule has 1 aliphatic rings. The number of amides is 1. The molecule has 0 spiro atoms. The number of rotatable bonds is 5. The first-order valence-electron chi connectivity index (χ1n) is 8.15. The Hall–Kier alpha value is -2.47. The number of aryl methyl sites for hydroxylation is 1. The van der Waals surface area contributed by atoms with Gasteiger partial charge < -0.3 is 15.2 Å². The predicted molar refractivity (Wildman–Crippen MR) is 93.3 cm³/mol. The highest BCUT2D eigenvalue weighted by atomic mass is 16.5. The highest BCUT2D eigenvalue weighted by Gasteiger charge is 2.53. The fourth-order valence-electron chi connectivity index (χ4n) is 2.98. The molecular weight excluding hydrogens is 322 g/mol. The molecule has 2 rings (SSSR count). The molecule has 3 atom stereocenters. The van der Waals surface area contributed by atoms with Crippen LogP contribution in [0.2, 0.25) is 0 Å². The first kappa shape index (κ1) is 18.9. The summed E-state index contributed by atoms with van der Waals surface area (Å²) in [5, 5.41) is 12.3. The minimum Gasteiger partial charge on any atom is -0.480 e. The van der Waals surface area contributed by atoms with Crippen molar-refractivity contribution in [3.8, 4) is 0 Å². The molecule has 0 aromatic heterocycles. The number of hydrogen-bond donors (Lipinski definition) is 2. The molecule has 1 aromatic carbocycles. The highest BCUT2D eigenvalue weighted by molar-refractivity contribution is 6.12. The number of aliphatic carboxylic acids is 1. The standard InChI is InChI=1S/C19H23NO5/c1-11-12(2)25-16(19(4,17(11)22)18(23)24)10-7-14-5-8-15(9-6-14)20-13(3)21/h5-6,8-9,12,16H,1,7,10H2,2-4H3,(H,20,21)(H,23,24)/t12-,16+,19-/m1/s1. The van der Waals surface area contributed by atoms with Gasteiger partial charge in [0.25, 0.3) is 0 Å². The summed E-state index contributed by atoms with van der Waals surface area (Å²) in [6, 6.07) is 7.28. The SMILES string of the molecule is C=C1C(=O)[C@](C)(C(=O)O)[C@H](CCc2ccc(NC(C)=O)cc2)O[C@@H]1C. The van der Waals surface area contributed by atoms with Gasteiger partial charge in [0.15, 0.2) is 11.2 Å². The maximum Gasteiger partial charge on any atom is 0.319 e. The Bertz CT molecular complexity index is 709. The number of anilines is 1. The molecular formula is C19H23NO5. The van der Waals surface area contributed by atoms with Crippen LogP contribution < -0.4 is 5.32 Å². The van der Waals surface area contributed by atoms with E-state index in [2.05, 4.69) is 11.9 Å². The third-order valence-electron chi connectivity index (χ3n) is 4.68. The molecule has 0 unspecified atom stereocenters. The second-order valence-electron chi connectivity index (χ2n) is 6.55. The number of ether oxygens (including phenoxy) is 1. The van der Waals surface area contributed by atoms with E-state index < -0.39 is 29.4 Å². The third kappa shape index (κ3) is 3.79. The largest absolute Gasteiger partial charge is 0.480 e. The van der Waals surface area contributed by atoms with Crippen molar-refractivity contribution < 1.29 is 24.2 Å². The van der Waals surface area contributed by atoms with Crippen LogP contribution in [0.25, 0.3) is 0 Å². The molecule has 1 aliphatic heterocycles. The quantitative estimate of drug-likeness (QED) is 0.632. The second-order valence-corrected chi connectivity index (χ2v) is 6.55. The van der Waals surface area contributed by atoms with Gasteiger partial charge in [-0.15, -0.1) is 0 Å². The van der Waals surface area contributed by atoms with E-state index in [0.29, 0.717) is 18.5 Å². The molecule has 0 radical (unpaired) electrons. The van der Waals surface area contributed by atoms with Crippen molar-refractivity contribution in [2.24, 2.45) is 5.41 Å². The average molecular weight is 345 g/mol. The van der Waals surface area contributed by atoms with Gasteiger partial charge in [0.2, 0.25) is 5.91 Å². The minimum atomic E-state index is -1.63. The van der Waals surface area contributed by atoms with Gasteiger partial charge in [-0.1, -0.05) is 18.7 Å². The maximum absolute atomic E-state index is 12.5. The molecule has 25 heavy (non-hydrogen) atoms. The number of carboxylic acid groups (broad SMARTS) is 1. The molecule has 1 aromatic rings. The van der Waals surface area contributed by atoms with Crippen molar-refractivity contribution in [1.29, 1.82) is 0 Å². The number of carboxylic acids is 1. The lowest BCUT2D eigenvalue weighted by molar-refractivity contribution is -0.172. The monoisotopic (exact) mass is 345 g/mol. The Labute approximate surface area is 146 Å². The first-order chi connectivity index (χ1) is 11.7. The van der Waals surface area contributed by atoms with E-state index >= 15 is 0 Å². The Morgan fingerprint density at radius 2 is 1.92 bits per heavy atom. The van der Waals surface area contributed by atoms with Crippen molar-refractivity contribution in [2.75, 3.05) is 5.32 Å². The van der Waals surface area contributed by atoms with E-state index in [0.717, 1.165) is 5.56 Å². The van der Waals surface area contributed by atoms with E-state index in [1.165, 1.54) is 13.8 Å². The summed E-state index contributed by atoms with van der Waals surface area (Å²) in [6.07, 6.45) is -0.272. The number of nitrogens with one attached hydrogen (secondary N) is 1. The molecule has 6 heteroatoms. The molecule has 1 saturated heterocycles. The number of carbonyl (C=O) groups excluding carboxylic acids is 2. The van der Waals surface area contributed by atoms with Crippen LogP contribution in [0.15, 0.2) is 36.4 Å². The summed E-state index contributed by atoms with van der Waals surface area (Å²) < 4.78 is 5.79. The third-order valence-corrected chi connectivity index (χ3v) is 4.68. The summed E-state index contributed by atoms with van der Waals surface area (Å²) in [5.41, 5.74) is 0.232. The van der Waals surface area contributed by atoms with Crippen LogP contribution in [0.3, 0.4) is 0 Å². The Kier molecular flexibility index (Phi) is 5.42. The number of Topliss-reactive ketones (excluding diaryl/α,β-unsaturated/α-hetero) is 1. The zero-order chi connectivity index (χ0) is 18.8. The average Bonchev–Trinajstić information content (AvgIpc) is 2.55. The van der Waals surface area contributed by atoms with E-state index in [1.807, 2.05) is 12.1 Å². The van der Waals surface area contributed by atoms with Crippen LogP contribution in [0.5, 0.6) is 0 Å². The summed E-state index contributed by atoms with van der Waals surface area (Å²) >= 11 is 0. The lowest BCUT2D eigenvalue weighted by atomic mass is 9.72.